The van der Waals surface area contributed by atoms with E-state index in [0.717, 1.165) is 17.3 Å². The van der Waals surface area contributed by atoms with Gasteiger partial charge in [0.15, 0.2) is 0 Å². The zero-order valence-corrected chi connectivity index (χ0v) is 11.8. The third kappa shape index (κ3) is 4.80. The van der Waals surface area contributed by atoms with Gasteiger partial charge < -0.3 is 5.32 Å². The predicted octanol–water partition coefficient (Wildman–Crippen LogP) is 5.10. The molecule has 2 rings (SSSR count). The van der Waals surface area contributed by atoms with Crippen molar-refractivity contribution < 1.29 is 0 Å². The SMILES string of the molecule is CC(/C=C/c1ccc(Cl)cc1)CNc1ccccc1. The van der Waals surface area contributed by atoms with E-state index < -0.39 is 0 Å². The van der Waals surface area contributed by atoms with Crippen molar-refractivity contribution in [2.75, 3.05) is 11.9 Å². The van der Waals surface area contributed by atoms with E-state index in [2.05, 4.69) is 36.5 Å². The van der Waals surface area contributed by atoms with Gasteiger partial charge in [-0.2, -0.15) is 0 Å². The Hall–Kier alpha value is -1.73. The van der Waals surface area contributed by atoms with Crippen molar-refractivity contribution in [3.8, 4) is 0 Å². The molecule has 2 aromatic carbocycles. The molecule has 19 heavy (non-hydrogen) atoms. The summed E-state index contributed by atoms with van der Waals surface area (Å²) < 4.78 is 0. The van der Waals surface area contributed by atoms with E-state index in [1.54, 1.807) is 0 Å². The first-order chi connectivity index (χ1) is 9.24. The zero-order chi connectivity index (χ0) is 13.5. The summed E-state index contributed by atoms with van der Waals surface area (Å²) in [6, 6.07) is 18.1. The topological polar surface area (TPSA) is 12.0 Å². The van der Waals surface area contributed by atoms with Crippen LogP contribution in [0.5, 0.6) is 0 Å². The number of anilines is 1. The van der Waals surface area contributed by atoms with Gasteiger partial charge in [-0.25, -0.2) is 0 Å². The summed E-state index contributed by atoms with van der Waals surface area (Å²) in [5, 5.41) is 4.19. The third-order valence-corrected chi connectivity index (χ3v) is 3.14. The Morgan fingerprint density at radius 1 is 1.05 bits per heavy atom. The maximum Gasteiger partial charge on any atom is 0.0406 e. The number of nitrogens with one attached hydrogen (secondary N) is 1. The Kier molecular flexibility index (Phi) is 5.05. The van der Waals surface area contributed by atoms with E-state index in [-0.39, 0.29) is 0 Å². The van der Waals surface area contributed by atoms with E-state index in [1.165, 1.54) is 5.56 Å². The molecule has 1 nitrogen and oxygen atoms in total. The molecule has 0 spiro atoms. The Labute approximate surface area is 119 Å². The van der Waals surface area contributed by atoms with Gasteiger partial charge in [-0.15, -0.1) is 0 Å². The molecule has 0 saturated heterocycles. The summed E-state index contributed by atoms with van der Waals surface area (Å²) in [4.78, 5) is 0. The number of para-hydroxylation sites is 1. The lowest BCUT2D eigenvalue weighted by Crippen LogP contribution is -2.08. The first-order valence-corrected chi connectivity index (χ1v) is 6.84. The van der Waals surface area contributed by atoms with Crippen LogP contribution in [-0.2, 0) is 0 Å². The third-order valence-electron chi connectivity index (χ3n) is 2.89. The molecule has 1 N–H and O–H groups in total. The van der Waals surface area contributed by atoms with Gasteiger partial charge in [0.1, 0.15) is 0 Å². The number of hydrogen-bond acceptors (Lipinski definition) is 1. The van der Waals surface area contributed by atoms with Crippen molar-refractivity contribution in [2.24, 2.45) is 5.92 Å². The molecule has 1 atom stereocenters. The molecule has 0 fully saturated rings. The van der Waals surface area contributed by atoms with E-state index in [4.69, 9.17) is 11.6 Å². The van der Waals surface area contributed by atoms with Gasteiger partial charge in [-0.05, 0) is 35.7 Å². The van der Waals surface area contributed by atoms with Crippen molar-refractivity contribution in [3.05, 3.63) is 71.3 Å². The molecule has 0 radical (unpaired) electrons. The number of hydrogen-bond donors (Lipinski definition) is 1. The number of halogens is 1. The van der Waals surface area contributed by atoms with Crippen LogP contribution in [0.15, 0.2) is 60.7 Å². The zero-order valence-electron chi connectivity index (χ0n) is 11.0. The largest absolute Gasteiger partial charge is 0.384 e. The van der Waals surface area contributed by atoms with Crippen LogP contribution in [0.3, 0.4) is 0 Å². The summed E-state index contributed by atoms with van der Waals surface area (Å²) in [5.41, 5.74) is 2.34. The van der Waals surface area contributed by atoms with E-state index in [0.29, 0.717) is 5.92 Å². The molecule has 0 aliphatic heterocycles. The average molecular weight is 272 g/mol. The van der Waals surface area contributed by atoms with Gasteiger partial charge in [-0.1, -0.05) is 61.0 Å². The molecule has 0 saturated carbocycles. The predicted molar refractivity (Wildman–Crippen MR) is 84.6 cm³/mol. The smallest absolute Gasteiger partial charge is 0.0406 e. The first kappa shape index (κ1) is 13.7. The van der Waals surface area contributed by atoms with E-state index >= 15 is 0 Å². The highest BCUT2D eigenvalue weighted by Crippen LogP contribution is 2.12. The Balaban J connectivity index is 1.84. The molecule has 98 valence electrons. The van der Waals surface area contributed by atoms with Crippen molar-refractivity contribution >= 4 is 23.4 Å². The highest BCUT2D eigenvalue weighted by molar-refractivity contribution is 6.30. The lowest BCUT2D eigenvalue weighted by molar-refractivity contribution is 0.774. The number of rotatable bonds is 5. The second kappa shape index (κ2) is 7.01. The van der Waals surface area contributed by atoms with Crippen LogP contribution in [0.25, 0.3) is 6.08 Å². The lowest BCUT2D eigenvalue weighted by atomic mass is 10.1. The fraction of sp³-hybridized carbons (Fsp3) is 0.176. The van der Waals surface area contributed by atoms with Crippen LogP contribution in [-0.4, -0.2) is 6.54 Å². The Morgan fingerprint density at radius 2 is 1.74 bits per heavy atom. The standard InChI is InChI=1S/C17H18ClN/c1-14(13-19-17-5-3-2-4-6-17)7-8-15-9-11-16(18)12-10-15/h2-12,14,19H,13H2,1H3/b8-7+. The normalized spacial score (nSPS) is 12.5. The van der Waals surface area contributed by atoms with Gasteiger partial charge in [0.25, 0.3) is 0 Å². The highest BCUT2D eigenvalue weighted by atomic mass is 35.5. The van der Waals surface area contributed by atoms with Gasteiger partial charge in [0.2, 0.25) is 0 Å². The molecule has 0 aromatic heterocycles. The second-order valence-corrected chi connectivity index (χ2v) is 5.07. The molecule has 0 aliphatic rings. The Bertz CT molecular complexity index is 517. The molecule has 0 amide bonds. The summed E-state index contributed by atoms with van der Waals surface area (Å²) in [6.45, 7) is 3.12. The Morgan fingerprint density at radius 3 is 2.42 bits per heavy atom. The van der Waals surface area contributed by atoms with Crippen LogP contribution in [0.4, 0.5) is 5.69 Å². The minimum absolute atomic E-state index is 0.468. The fourth-order valence-corrected chi connectivity index (χ4v) is 1.88. The molecule has 1 unspecified atom stereocenters. The van der Waals surface area contributed by atoms with E-state index in [9.17, 15) is 0 Å². The molecule has 2 heteroatoms. The molecule has 2 aromatic rings. The van der Waals surface area contributed by atoms with Gasteiger partial charge in [-0.3, -0.25) is 0 Å². The summed E-state index contributed by atoms with van der Waals surface area (Å²) in [7, 11) is 0. The van der Waals surface area contributed by atoms with Crippen molar-refractivity contribution in [1.29, 1.82) is 0 Å². The maximum absolute atomic E-state index is 5.86. The van der Waals surface area contributed by atoms with Crippen LogP contribution in [0.2, 0.25) is 5.02 Å². The molecule has 0 aliphatic carbocycles. The highest BCUT2D eigenvalue weighted by Gasteiger charge is 1.97. The van der Waals surface area contributed by atoms with Gasteiger partial charge in [0.05, 0.1) is 0 Å². The molecular weight excluding hydrogens is 254 g/mol. The average Bonchev–Trinajstić information content (AvgIpc) is 2.45. The fourth-order valence-electron chi connectivity index (χ4n) is 1.75. The van der Waals surface area contributed by atoms with Gasteiger partial charge >= 0.3 is 0 Å². The van der Waals surface area contributed by atoms with Crippen LogP contribution >= 0.6 is 11.6 Å². The van der Waals surface area contributed by atoms with Crippen LogP contribution in [0, 0.1) is 5.92 Å². The van der Waals surface area contributed by atoms with Crippen LogP contribution < -0.4 is 5.32 Å². The van der Waals surface area contributed by atoms with Gasteiger partial charge in [0, 0.05) is 17.3 Å². The lowest BCUT2D eigenvalue weighted by Gasteiger charge is -2.09. The maximum atomic E-state index is 5.86. The first-order valence-electron chi connectivity index (χ1n) is 6.47. The van der Waals surface area contributed by atoms with E-state index in [1.807, 2.05) is 42.5 Å². The number of benzene rings is 2. The monoisotopic (exact) mass is 271 g/mol. The van der Waals surface area contributed by atoms with Crippen LogP contribution in [0.1, 0.15) is 12.5 Å². The summed E-state index contributed by atoms with van der Waals surface area (Å²) >= 11 is 5.86. The molecule has 0 heterocycles. The van der Waals surface area contributed by atoms with Crippen molar-refractivity contribution in [2.45, 2.75) is 6.92 Å². The van der Waals surface area contributed by atoms with Crippen molar-refractivity contribution in [1.82, 2.24) is 0 Å². The second-order valence-electron chi connectivity index (χ2n) is 4.63. The minimum Gasteiger partial charge on any atom is -0.384 e. The minimum atomic E-state index is 0.468. The molecule has 0 bridgehead atoms. The molecular formula is C17H18ClN. The van der Waals surface area contributed by atoms with Crippen molar-refractivity contribution in [3.63, 3.8) is 0 Å². The summed E-state index contributed by atoms with van der Waals surface area (Å²) in [6.07, 6.45) is 4.34. The quantitative estimate of drug-likeness (QED) is 0.798. The summed E-state index contributed by atoms with van der Waals surface area (Å²) in [5.74, 6) is 0.468.